The maximum atomic E-state index is 11.9. The fourth-order valence-corrected chi connectivity index (χ4v) is 8.47. The van der Waals surface area contributed by atoms with Crippen molar-refractivity contribution in [3.05, 3.63) is 0 Å². The molecule has 148 valence electrons. The summed E-state index contributed by atoms with van der Waals surface area (Å²) in [4.78, 5) is 0. The molecule has 0 aromatic heterocycles. The van der Waals surface area contributed by atoms with Crippen LogP contribution >= 0.6 is 0 Å². The highest BCUT2D eigenvalue weighted by molar-refractivity contribution is 8.03. The molecule has 2 heterocycles. The molecule has 25 heavy (non-hydrogen) atoms. The summed E-state index contributed by atoms with van der Waals surface area (Å²) in [5.74, 6) is -1.55. The zero-order valence-corrected chi connectivity index (χ0v) is 16.3. The molecule has 16 heteroatoms. The van der Waals surface area contributed by atoms with Gasteiger partial charge in [-0.25, -0.2) is 0 Å². The number of hydrogen-bond acceptors (Lipinski definition) is 12. The zero-order valence-electron chi connectivity index (χ0n) is 13.1. The summed E-state index contributed by atoms with van der Waals surface area (Å²) < 4.78 is 111. The number of rotatable bonds is 6. The van der Waals surface area contributed by atoms with Gasteiger partial charge in [-0.15, -0.1) is 0 Å². The average Bonchev–Trinajstić information content (AvgIpc) is 2.70. The van der Waals surface area contributed by atoms with E-state index in [9.17, 15) is 33.7 Å². The van der Waals surface area contributed by atoms with Gasteiger partial charge in [0.25, 0.3) is 40.5 Å². The van der Waals surface area contributed by atoms with E-state index in [-0.39, 0.29) is 0 Å². The number of hydrogen-bond donors (Lipinski definition) is 0. The van der Waals surface area contributed by atoms with Gasteiger partial charge in [-0.3, -0.25) is 16.7 Å². The van der Waals surface area contributed by atoms with Gasteiger partial charge < -0.3 is 0 Å². The van der Waals surface area contributed by atoms with E-state index in [4.69, 9.17) is 0 Å². The molecule has 2 aliphatic rings. The minimum Gasteiger partial charge on any atom is -0.267 e. The van der Waals surface area contributed by atoms with Gasteiger partial charge in [0.2, 0.25) is 5.08 Å². The van der Waals surface area contributed by atoms with Gasteiger partial charge in [0.1, 0.15) is 22.7 Å². The van der Waals surface area contributed by atoms with Crippen molar-refractivity contribution in [2.24, 2.45) is 0 Å². The first-order chi connectivity index (χ1) is 10.9. The molecule has 2 rings (SSSR count). The Hall–Kier alpha value is -0.360. The Labute approximate surface area is 145 Å². The Balaban J connectivity index is 2.09. The van der Waals surface area contributed by atoms with Crippen molar-refractivity contribution in [3.8, 4) is 0 Å². The van der Waals surface area contributed by atoms with Crippen molar-refractivity contribution in [1.29, 1.82) is 0 Å². The van der Waals surface area contributed by atoms with Crippen LogP contribution in [0.2, 0.25) is 0 Å². The molecule has 2 unspecified atom stereocenters. The predicted molar refractivity (Wildman–Crippen MR) is 81.2 cm³/mol. The molecule has 0 aromatic carbocycles. The molecule has 0 radical (unpaired) electrons. The van der Waals surface area contributed by atoms with Crippen molar-refractivity contribution < 1.29 is 50.4 Å². The summed E-state index contributed by atoms with van der Waals surface area (Å²) in [6.45, 7) is 1.06. The molecule has 0 amide bonds. The van der Waals surface area contributed by atoms with Crippen LogP contribution in [0.3, 0.4) is 0 Å². The first-order valence-electron chi connectivity index (χ1n) is 6.55. The van der Waals surface area contributed by atoms with E-state index in [1.165, 1.54) is 0 Å². The predicted octanol–water partition coefficient (Wildman–Crippen LogP) is -2.13. The molecule has 2 saturated heterocycles. The lowest BCUT2D eigenvalue weighted by molar-refractivity contribution is 0.0867. The van der Waals surface area contributed by atoms with Gasteiger partial charge in [-0.05, 0) is 13.8 Å². The Morgan fingerprint density at radius 1 is 0.800 bits per heavy atom. The monoisotopic (exact) mass is 444 g/mol. The molecule has 2 aliphatic heterocycles. The highest BCUT2D eigenvalue weighted by Gasteiger charge is 2.48. The van der Waals surface area contributed by atoms with Gasteiger partial charge in [-0.1, -0.05) is 0 Å². The van der Waals surface area contributed by atoms with E-state index in [0.717, 1.165) is 13.8 Å². The summed E-state index contributed by atoms with van der Waals surface area (Å²) in [6.07, 6.45) is 0. The summed E-state index contributed by atoms with van der Waals surface area (Å²) in [7, 11) is -17.5. The van der Waals surface area contributed by atoms with E-state index in [1.807, 2.05) is 0 Å². The van der Waals surface area contributed by atoms with Crippen LogP contribution in [-0.4, -0.2) is 74.7 Å². The van der Waals surface area contributed by atoms with Crippen molar-refractivity contribution in [2.45, 2.75) is 25.0 Å². The van der Waals surface area contributed by atoms with Crippen molar-refractivity contribution in [2.75, 3.05) is 29.8 Å². The summed E-state index contributed by atoms with van der Waals surface area (Å²) in [5.41, 5.74) is -3.56. The maximum Gasteiger partial charge on any atom is 0.285 e. The quantitative estimate of drug-likeness (QED) is 0.408. The van der Waals surface area contributed by atoms with Crippen LogP contribution in [-0.2, 0) is 57.2 Å². The highest BCUT2D eigenvalue weighted by atomic mass is 32.3. The molecule has 0 spiro atoms. The van der Waals surface area contributed by atoms with Crippen LogP contribution in [0.25, 0.3) is 0 Å². The standard InChI is InChI=1S/C9H16O12S4/c1-8(3-18-22(10,11)5-8)20-24(14,15)7-25(16,17)21-9(2)4-19-23(12,13)6-9/h3-7H2,1-2H3. The Kier molecular flexibility index (Phi) is 5.09. The van der Waals surface area contributed by atoms with Crippen LogP contribution in [0.4, 0.5) is 0 Å². The van der Waals surface area contributed by atoms with Crippen LogP contribution < -0.4 is 0 Å². The van der Waals surface area contributed by atoms with Crippen molar-refractivity contribution in [1.82, 2.24) is 0 Å². The van der Waals surface area contributed by atoms with Crippen molar-refractivity contribution in [3.63, 3.8) is 0 Å². The fourth-order valence-electron chi connectivity index (χ4n) is 2.28. The van der Waals surface area contributed by atoms with Crippen LogP contribution in [0.1, 0.15) is 13.8 Å². The molecule has 0 N–H and O–H groups in total. The average molecular weight is 444 g/mol. The third kappa shape index (κ3) is 5.81. The maximum absolute atomic E-state index is 11.9. The molecular formula is C9H16O12S4. The molecule has 2 fully saturated rings. The SMILES string of the molecule is CC1(OS(=O)(=O)CS(=O)(=O)OC2(C)COS(=O)(=O)C2)COS(=O)(=O)C1. The topological polar surface area (TPSA) is 173 Å². The largest absolute Gasteiger partial charge is 0.285 e. The molecule has 0 saturated carbocycles. The lowest BCUT2D eigenvalue weighted by Gasteiger charge is -2.22. The van der Waals surface area contributed by atoms with Gasteiger partial charge in [0.05, 0.1) is 13.2 Å². The zero-order chi connectivity index (χ0) is 19.4. The Morgan fingerprint density at radius 3 is 1.36 bits per heavy atom. The van der Waals surface area contributed by atoms with E-state index in [1.54, 1.807) is 0 Å². The molecule has 0 aliphatic carbocycles. The van der Waals surface area contributed by atoms with Crippen LogP contribution in [0.5, 0.6) is 0 Å². The normalized spacial score (nSPS) is 35.0. The third-order valence-electron chi connectivity index (χ3n) is 3.00. The molecule has 2 atom stereocenters. The molecule has 0 bridgehead atoms. The molecule has 0 aromatic rings. The second-order valence-corrected chi connectivity index (χ2v) is 13.0. The van der Waals surface area contributed by atoms with E-state index < -0.39 is 81.5 Å². The van der Waals surface area contributed by atoms with Gasteiger partial charge >= 0.3 is 0 Å². The van der Waals surface area contributed by atoms with E-state index in [0.29, 0.717) is 0 Å². The first-order valence-corrected chi connectivity index (χ1v) is 12.9. The second kappa shape index (κ2) is 6.08. The Morgan fingerprint density at radius 2 is 1.12 bits per heavy atom. The van der Waals surface area contributed by atoms with Crippen LogP contribution in [0.15, 0.2) is 0 Å². The van der Waals surface area contributed by atoms with Gasteiger partial charge in [0.15, 0.2) is 0 Å². The van der Waals surface area contributed by atoms with Crippen molar-refractivity contribution >= 4 is 40.5 Å². The lowest BCUT2D eigenvalue weighted by Crippen LogP contribution is -2.40. The minimum atomic E-state index is -4.78. The van der Waals surface area contributed by atoms with E-state index >= 15 is 0 Å². The summed E-state index contributed by atoms with van der Waals surface area (Å²) in [5, 5.41) is -1.63. The smallest absolute Gasteiger partial charge is 0.267 e. The minimum absolute atomic E-state index is 0.598. The highest BCUT2D eigenvalue weighted by Crippen LogP contribution is 2.28. The third-order valence-corrected chi connectivity index (χ3v) is 9.50. The van der Waals surface area contributed by atoms with E-state index in [2.05, 4.69) is 16.7 Å². The molecular weight excluding hydrogens is 428 g/mol. The van der Waals surface area contributed by atoms with Crippen LogP contribution in [0, 0.1) is 0 Å². The summed E-state index contributed by atoms with van der Waals surface area (Å²) >= 11 is 0. The first kappa shape index (κ1) is 20.9. The summed E-state index contributed by atoms with van der Waals surface area (Å²) in [6, 6.07) is 0. The second-order valence-electron chi connectivity index (χ2n) is 6.23. The molecule has 12 nitrogen and oxygen atoms in total. The fraction of sp³-hybridized carbons (Fsp3) is 1.00. The lowest BCUT2D eigenvalue weighted by atomic mass is 10.2. The van der Waals surface area contributed by atoms with Gasteiger partial charge in [0, 0.05) is 0 Å². The Bertz CT molecular complexity index is 880. The van der Waals surface area contributed by atoms with Gasteiger partial charge in [-0.2, -0.15) is 33.7 Å².